The van der Waals surface area contributed by atoms with Crippen LogP contribution >= 0.6 is 11.3 Å². The fourth-order valence-electron chi connectivity index (χ4n) is 3.07. The van der Waals surface area contributed by atoms with Gasteiger partial charge in [0.2, 0.25) is 0 Å². The van der Waals surface area contributed by atoms with Crippen molar-refractivity contribution in [2.45, 2.75) is 58.7 Å². The van der Waals surface area contributed by atoms with E-state index in [0.29, 0.717) is 22.9 Å². The van der Waals surface area contributed by atoms with E-state index >= 15 is 0 Å². The highest BCUT2D eigenvalue weighted by atomic mass is 32.1. The average molecular weight is 414 g/mol. The first-order valence-corrected chi connectivity index (χ1v) is 9.85. The van der Waals surface area contributed by atoms with Crippen molar-refractivity contribution in [3.8, 4) is 0 Å². The zero-order valence-electron chi connectivity index (χ0n) is 16.2. The van der Waals surface area contributed by atoms with Gasteiger partial charge in [0.1, 0.15) is 5.82 Å². The van der Waals surface area contributed by atoms with Gasteiger partial charge in [-0.25, -0.2) is 4.39 Å². The zero-order chi connectivity index (χ0) is 20.9. The van der Waals surface area contributed by atoms with Crippen molar-refractivity contribution in [1.82, 2.24) is 4.57 Å². The van der Waals surface area contributed by atoms with E-state index in [1.54, 1.807) is 0 Å². The molecular formula is C20H22F4N2OS. The minimum absolute atomic E-state index is 0.154. The number of hydrogen-bond donors (Lipinski definition) is 0. The van der Waals surface area contributed by atoms with E-state index in [1.165, 1.54) is 11.3 Å². The number of benzene rings is 1. The highest BCUT2D eigenvalue weighted by Gasteiger charge is 2.32. The number of thiazole rings is 1. The van der Waals surface area contributed by atoms with Crippen molar-refractivity contribution < 1.29 is 22.4 Å². The Morgan fingerprint density at radius 1 is 1.21 bits per heavy atom. The number of nitrogens with zero attached hydrogens (tertiary/aromatic N) is 2. The summed E-state index contributed by atoms with van der Waals surface area (Å²) in [6, 6.07) is 1.81. The lowest BCUT2D eigenvalue weighted by Gasteiger charge is -2.17. The average Bonchev–Trinajstić information content (AvgIpc) is 3.32. The molecule has 1 aromatic heterocycles. The number of halogens is 4. The van der Waals surface area contributed by atoms with Gasteiger partial charge in [0.15, 0.2) is 4.80 Å². The summed E-state index contributed by atoms with van der Waals surface area (Å²) in [6.07, 6.45) is -2.51. The van der Waals surface area contributed by atoms with E-state index in [1.807, 2.05) is 11.5 Å². The molecular weight excluding hydrogens is 392 g/mol. The van der Waals surface area contributed by atoms with Crippen molar-refractivity contribution in [1.29, 1.82) is 0 Å². The number of amides is 1. The molecule has 0 unspecified atom stereocenters. The molecule has 0 aliphatic heterocycles. The Balaban J connectivity index is 2.08. The van der Waals surface area contributed by atoms with Crippen molar-refractivity contribution in [3.05, 3.63) is 50.5 Å². The molecule has 0 spiro atoms. The van der Waals surface area contributed by atoms with Gasteiger partial charge in [-0.3, -0.25) is 4.79 Å². The van der Waals surface area contributed by atoms with Gasteiger partial charge in [-0.15, -0.1) is 11.3 Å². The molecule has 0 saturated heterocycles. The molecule has 1 amide bonds. The van der Waals surface area contributed by atoms with E-state index in [2.05, 4.69) is 25.8 Å². The number of rotatable bonds is 3. The summed E-state index contributed by atoms with van der Waals surface area (Å²) in [6.45, 7) is 8.86. The third kappa shape index (κ3) is 4.54. The first-order chi connectivity index (χ1) is 12.9. The highest BCUT2D eigenvalue weighted by Crippen LogP contribution is 2.34. The topological polar surface area (TPSA) is 34.4 Å². The predicted molar refractivity (Wildman–Crippen MR) is 99.8 cm³/mol. The summed E-state index contributed by atoms with van der Waals surface area (Å²) < 4.78 is 54.4. The van der Waals surface area contributed by atoms with Crippen LogP contribution in [-0.2, 0) is 18.1 Å². The van der Waals surface area contributed by atoms with Gasteiger partial charge in [-0.1, -0.05) is 20.8 Å². The van der Waals surface area contributed by atoms with Crippen LogP contribution in [0.25, 0.3) is 0 Å². The smallest absolute Gasteiger partial charge is 0.320 e. The fraction of sp³-hybridized carbons (Fsp3) is 0.500. The Kier molecular flexibility index (Phi) is 5.29. The monoisotopic (exact) mass is 414 g/mol. The molecule has 8 heteroatoms. The van der Waals surface area contributed by atoms with Crippen molar-refractivity contribution in [3.63, 3.8) is 0 Å². The number of hydrogen-bond acceptors (Lipinski definition) is 2. The van der Waals surface area contributed by atoms with Gasteiger partial charge in [-0.05, 0) is 49.3 Å². The van der Waals surface area contributed by atoms with Gasteiger partial charge < -0.3 is 4.57 Å². The minimum atomic E-state index is -4.73. The summed E-state index contributed by atoms with van der Waals surface area (Å²) >= 11 is 1.36. The Morgan fingerprint density at radius 2 is 1.86 bits per heavy atom. The molecule has 0 N–H and O–H groups in total. The van der Waals surface area contributed by atoms with Crippen molar-refractivity contribution in [2.75, 3.05) is 0 Å². The number of aromatic nitrogens is 1. The van der Waals surface area contributed by atoms with Crippen LogP contribution in [0.3, 0.4) is 0 Å². The van der Waals surface area contributed by atoms with Crippen molar-refractivity contribution >= 4 is 17.2 Å². The summed E-state index contributed by atoms with van der Waals surface area (Å²) in [4.78, 5) is 18.1. The molecule has 152 valence electrons. The van der Waals surface area contributed by atoms with Gasteiger partial charge in [0.25, 0.3) is 5.91 Å². The molecule has 1 aromatic carbocycles. The Bertz CT molecular complexity index is 976. The van der Waals surface area contributed by atoms with Gasteiger partial charge >= 0.3 is 6.18 Å². The molecule has 0 bridgehead atoms. The first-order valence-electron chi connectivity index (χ1n) is 9.04. The maximum absolute atomic E-state index is 13.6. The SMILES string of the molecule is Cc1c(C(C)(C)C)sc(=NC(=O)c2cc(F)cc(C(F)(F)F)c2)n1CC1CC1. The lowest BCUT2D eigenvalue weighted by molar-refractivity contribution is -0.137. The summed E-state index contributed by atoms with van der Waals surface area (Å²) in [5.41, 5.74) is -0.756. The van der Waals surface area contributed by atoms with Crippen LogP contribution < -0.4 is 4.80 Å². The third-order valence-electron chi connectivity index (χ3n) is 4.65. The number of carbonyl (C=O) groups is 1. The Hall–Kier alpha value is -1.96. The molecule has 1 aliphatic carbocycles. The summed E-state index contributed by atoms with van der Waals surface area (Å²) in [5, 5.41) is 0. The maximum Gasteiger partial charge on any atom is 0.416 e. The molecule has 1 fully saturated rings. The summed E-state index contributed by atoms with van der Waals surface area (Å²) in [5.74, 6) is -1.46. The van der Waals surface area contributed by atoms with Crippen molar-refractivity contribution in [2.24, 2.45) is 10.9 Å². The second-order valence-electron chi connectivity index (χ2n) is 8.25. The first kappa shape index (κ1) is 20.8. The Labute approximate surface area is 164 Å². The molecule has 0 atom stereocenters. The predicted octanol–water partition coefficient (Wildman–Crippen LogP) is 5.46. The lowest BCUT2D eigenvalue weighted by atomic mass is 9.93. The molecule has 28 heavy (non-hydrogen) atoms. The minimum Gasteiger partial charge on any atom is -0.320 e. The fourth-order valence-corrected chi connectivity index (χ4v) is 4.26. The Morgan fingerprint density at radius 3 is 2.39 bits per heavy atom. The van der Waals surface area contributed by atoms with Crippen LogP contribution in [-0.4, -0.2) is 10.5 Å². The molecule has 3 rings (SSSR count). The molecule has 1 saturated carbocycles. The highest BCUT2D eigenvalue weighted by molar-refractivity contribution is 7.09. The maximum atomic E-state index is 13.6. The zero-order valence-corrected chi connectivity index (χ0v) is 17.0. The standard InChI is InChI=1S/C20H22F4N2OS/c1-11-16(19(2,3)4)28-18(26(11)10-12-5-6-12)25-17(27)13-7-14(20(22,23)24)9-15(21)8-13/h7-9,12H,5-6,10H2,1-4H3. The number of carbonyl (C=O) groups excluding carboxylic acids is 1. The lowest BCUT2D eigenvalue weighted by Crippen LogP contribution is -2.20. The molecule has 1 heterocycles. The second-order valence-corrected chi connectivity index (χ2v) is 9.22. The van der Waals surface area contributed by atoms with E-state index in [-0.39, 0.29) is 5.41 Å². The van der Waals surface area contributed by atoms with Crippen LogP contribution in [0.1, 0.15) is 60.1 Å². The van der Waals surface area contributed by atoms with E-state index in [0.717, 1.165) is 36.0 Å². The molecule has 1 aliphatic rings. The molecule has 2 aromatic rings. The number of alkyl halides is 3. The van der Waals surface area contributed by atoms with E-state index in [4.69, 9.17) is 0 Å². The largest absolute Gasteiger partial charge is 0.416 e. The van der Waals surface area contributed by atoms with E-state index < -0.39 is 29.0 Å². The summed E-state index contributed by atoms with van der Waals surface area (Å²) in [7, 11) is 0. The van der Waals surface area contributed by atoms with Crippen LogP contribution in [0.4, 0.5) is 17.6 Å². The van der Waals surface area contributed by atoms with Crippen LogP contribution in [0.5, 0.6) is 0 Å². The normalized spacial score (nSPS) is 15.9. The van der Waals surface area contributed by atoms with Crippen LogP contribution in [0.2, 0.25) is 0 Å². The van der Waals surface area contributed by atoms with Crippen LogP contribution in [0.15, 0.2) is 23.2 Å². The van der Waals surface area contributed by atoms with Crippen LogP contribution in [0, 0.1) is 18.7 Å². The van der Waals surface area contributed by atoms with Gasteiger partial charge in [0, 0.05) is 22.7 Å². The second kappa shape index (κ2) is 7.13. The third-order valence-corrected chi connectivity index (χ3v) is 6.25. The van der Waals surface area contributed by atoms with Gasteiger partial charge in [-0.2, -0.15) is 18.2 Å². The van der Waals surface area contributed by atoms with Gasteiger partial charge in [0.05, 0.1) is 5.56 Å². The molecule has 0 radical (unpaired) electrons. The quantitative estimate of drug-likeness (QED) is 0.614. The van der Waals surface area contributed by atoms with E-state index in [9.17, 15) is 22.4 Å². The molecule has 3 nitrogen and oxygen atoms in total.